The fraction of sp³-hybridized carbons (Fsp3) is 0.833. The highest BCUT2D eigenvalue weighted by molar-refractivity contribution is 4.55. The molecule has 0 amide bonds. The third-order valence-corrected chi connectivity index (χ3v) is 2.39. The Morgan fingerprint density at radius 2 is 1.42 bits per heavy atom. The Labute approximate surface area is 78.8 Å². The van der Waals surface area contributed by atoms with Gasteiger partial charge in [-0.1, -0.05) is 72.1 Å². The van der Waals surface area contributed by atoms with Gasteiger partial charge in [0.15, 0.2) is 0 Å². The van der Waals surface area contributed by atoms with Crippen molar-refractivity contribution in [1.82, 2.24) is 0 Å². The van der Waals surface area contributed by atoms with Gasteiger partial charge >= 0.3 is 0 Å². The summed E-state index contributed by atoms with van der Waals surface area (Å²) in [6, 6.07) is 0. The SMILES string of the molecule is [CH2]CCCCCC(C)CCC[CH2]. The molecular formula is C12H24. The standard InChI is InChI=1S/C12H24/c1-4-6-8-9-11-12(3)10-7-5-2/h12H,1-2,4-11H2,3H3. The lowest BCUT2D eigenvalue weighted by atomic mass is 9.97. The van der Waals surface area contributed by atoms with E-state index < -0.39 is 0 Å². The minimum absolute atomic E-state index is 0.913. The van der Waals surface area contributed by atoms with E-state index in [1.807, 2.05) is 0 Å². The van der Waals surface area contributed by atoms with Crippen molar-refractivity contribution in [3.63, 3.8) is 0 Å². The van der Waals surface area contributed by atoms with Crippen molar-refractivity contribution >= 4 is 0 Å². The molecule has 1 atom stereocenters. The molecule has 0 saturated carbocycles. The predicted molar refractivity (Wildman–Crippen MR) is 56.8 cm³/mol. The maximum absolute atomic E-state index is 3.86. The predicted octanol–water partition coefficient (Wildman–Crippen LogP) is 4.41. The van der Waals surface area contributed by atoms with Gasteiger partial charge in [-0.25, -0.2) is 0 Å². The van der Waals surface area contributed by atoms with Crippen LogP contribution in [-0.2, 0) is 0 Å². The molecule has 72 valence electrons. The maximum atomic E-state index is 3.86. The summed E-state index contributed by atoms with van der Waals surface area (Å²) in [5.41, 5.74) is 0. The maximum Gasteiger partial charge on any atom is -0.0443 e. The fourth-order valence-corrected chi connectivity index (χ4v) is 1.48. The minimum atomic E-state index is 0.913. The minimum Gasteiger partial charge on any atom is -0.0625 e. The zero-order valence-corrected chi connectivity index (χ0v) is 8.65. The van der Waals surface area contributed by atoms with Crippen molar-refractivity contribution in [2.75, 3.05) is 0 Å². The number of rotatable bonds is 8. The van der Waals surface area contributed by atoms with Gasteiger partial charge in [-0.2, -0.15) is 0 Å². The number of unbranched alkanes of at least 4 members (excludes halogenated alkanes) is 4. The van der Waals surface area contributed by atoms with Crippen molar-refractivity contribution in [2.24, 2.45) is 5.92 Å². The summed E-state index contributed by atoms with van der Waals surface area (Å²) in [5.74, 6) is 0.913. The smallest absolute Gasteiger partial charge is 0.0443 e. The first-order chi connectivity index (χ1) is 5.81. The van der Waals surface area contributed by atoms with E-state index in [1.165, 1.54) is 38.5 Å². The van der Waals surface area contributed by atoms with E-state index in [4.69, 9.17) is 0 Å². The molecule has 0 rings (SSSR count). The summed E-state index contributed by atoms with van der Waals surface area (Å²) in [6.45, 7) is 10.1. The molecule has 0 aliphatic carbocycles. The van der Waals surface area contributed by atoms with E-state index in [0.717, 1.165) is 18.8 Å². The van der Waals surface area contributed by atoms with Crippen LogP contribution in [0.1, 0.15) is 58.3 Å². The average Bonchev–Trinajstić information content (AvgIpc) is 2.09. The molecule has 0 heterocycles. The molecule has 0 aliphatic heterocycles. The van der Waals surface area contributed by atoms with Gasteiger partial charge in [-0.15, -0.1) is 0 Å². The monoisotopic (exact) mass is 168 g/mol. The zero-order valence-electron chi connectivity index (χ0n) is 8.65. The first kappa shape index (κ1) is 12.0. The van der Waals surface area contributed by atoms with E-state index in [1.54, 1.807) is 0 Å². The van der Waals surface area contributed by atoms with Crippen LogP contribution in [0.4, 0.5) is 0 Å². The molecule has 0 nitrogen and oxygen atoms in total. The summed E-state index contributed by atoms with van der Waals surface area (Å²) in [6.07, 6.45) is 10.4. The van der Waals surface area contributed by atoms with Crippen LogP contribution in [0, 0.1) is 19.8 Å². The highest BCUT2D eigenvalue weighted by Crippen LogP contribution is 2.15. The van der Waals surface area contributed by atoms with Crippen molar-refractivity contribution in [3.05, 3.63) is 13.8 Å². The Morgan fingerprint density at radius 3 is 2.00 bits per heavy atom. The first-order valence-electron chi connectivity index (χ1n) is 5.39. The van der Waals surface area contributed by atoms with Gasteiger partial charge in [-0.3, -0.25) is 0 Å². The highest BCUT2D eigenvalue weighted by atomic mass is 14.1. The quantitative estimate of drug-likeness (QED) is 0.471. The molecule has 0 aromatic carbocycles. The third-order valence-electron chi connectivity index (χ3n) is 2.39. The van der Waals surface area contributed by atoms with Crippen molar-refractivity contribution in [2.45, 2.75) is 58.3 Å². The number of hydrogen-bond donors (Lipinski definition) is 0. The van der Waals surface area contributed by atoms with Gasteiger partial charge in [-0.05, 0) is 5.92 Å². The summed E-state index contributed by atoms with van der Waals surface area (Å²) >= 11 is 0. The van der Waals surface area contributed by atoms with Crippen LogP contribution < -0.4 is 0 Å². The molecule has 12 heavy (non-hydrogen) atoms. The Kier molecular flexibility index (Phi) is 9.09. The van der Waals surface area contributed by atoms with Crippen molar-refractivity contribution in [3.8, 4) is 0 Å². The molecule has 2 radical (unpaired) electrons. The number of hydrogen-bond acceptors (Lipinski definition) is 0. The summed E-state index contributed by atoms with van der Waals surface area (Å²) < 4.78 is 0. The fourth-order valence-electron chi connectivity index (χ4n) is 1.48. The van der Waals surface area contributed by atoms with Crippen LogP contribution in [0.5, 0.6) is 0 Å². The molecule has 0 spiro atoms. The Balaban J connectivity index is 3.02. The molecule has 1 unspecified atom stereocenters. The second kappa shape index (κ2) is 9.09. The van der Waals surface area contributed by atoms with Gasteiger partial charge < -0.3 is 0 Å². The van der Waals surface area contributed by atoms with Crippen LogP contribution in [0.2, 0.25) is 0 Å². The van der Waals surface area contributed by atoms with Crippen LogP contribution in [-0.4, -0.2) is 0 Å². The van der Waals surface area contributed by atoms with Gasteiger partial charge in [0.25, 0.3) is 0 Å². The molecule has 0 saturated heterocycles. The summed E-state index contributed by atoms with van der Waals surface area (Å²) in [5, 5.41) is 0. The summed E-state index contributed by atoms with van der Waals surface area (Å²) in [7, 11) is 0. The van der Waals surface area contributed by atoms with Gasteiger partial charge in [0.1, 0.15) is 0 Å². The van der Waals surface area contributed by atoms with E-state index in [-0.39, 0.29) is 0 Å². The lowest BCUT2D eigenvalue weighted by Gasteiger charge is -2.09. The van der Waals surface area contributed by atoms with E-state index >= 15 is 0 Å². The van der Waals surface area contributed by atoms with Gasteiger partial charge in [0.2, 0.25) is 0 Å². The molecule has 0 bridgehead atoms. The second-order valence-corrected chi connectivity index (χ2v) is 3.80. The average molecular weight is 168 g/mol. The molecule has 0 fully saturated rings. The van der Waals surface area contributed by atoms with E-state index in [9.17, 15) is 0 Å². The molecule has 0 aliphatic rings. The molecule has 0 N–H and O–H groups in total. The Hall–Kier alpha value is 0. The zero-order chi connectivity index (χ0) is 9.23. The molecular weight excluding hydrogens is 144 g/mol. The topological polar surface area (TPSA) is 0 Å². The largest absolute Gasteiger partial charge is 0.0625 e. The third kappa shape index (κ3) is 8.10. The lowest BCUT2D eigenvalue weighted by molar-refractivity contribution is 0.449. The Morgan fingerprint density at radius 1 is 0.833 bits per heavy atom. The molecule has 0 aromatic heterocycles. The molecule has 0 aromatic rings. The second-order valence-electron chi connectivity index (χ2n) is 3.80. The first-order valence-corrected chi connectivity index (χ1v) is 5.39. The van der Waals surface area contributed by atoms with E-state index in [0.29, 0.717) is 0 Å². The summed E-state index contributed by atoms with van der Waals surface area (Å²) in [4.78, 5) is 0. The van der Waals surface area contributed by atoms with Gasteiger partial charge in [0.05, 0.1) is 0 Å². The van der Waals surface area contributed by atoms with E-state index in [2.05, 4.69) is 20.8 Å². The van der Waals surface area contributed by atoms with Crippen molar-refractivity contribution in [1.29, 1.82) is 0 Å². The van der Waals surface area contributed by atoms with Crippen LogP contribution in [0.15, 0.2) is 0 Å². The lowest BCUT2D eigenvalue weighted by Crippen LogP contribution is -1.94. The van der Waals surface area contributed by atoms with Gasteiger partial charge in [0, 0.05) is 0 Å². The highest BCUT2D eigenvalue weighted by Gasteiger charge is 2.00. The van der Waals surface area contributed by atoms with Crippen LogP contribution in [0.3, 0.4) is 0 Å². The normalized spacial score (nSPS) is 13.2. The van der Waals surface area contributed by atoms with Crippen molar-refractivity contribution < 1.29 is 0 Å². The van der Waals surface area contributed by atoms with Crippen LogP contribution >= 0.6 is 0 Å². The Bertz CT molecular complexity index is 76.1. The van der Waals surface area contributed by atoms with Crippen LogP contribution in [0.25, 0.3) is 0 Å². The molecule has 0 heteroatoms.